The van der Waals surface area contributed by atoms with Gasteiger partial charge in [-0.15, -0.1) is 0 Å². The van der Waals surface area contributed by atoms with Crippen molar-refractivity contribution in [1.29, 1.82) is 0 Å². The number of anilines is 1. The minimum absolute atomic E-state index is 0.558. The van der Waals surface area contributed by atoms with E-state index in [-0.39, 0.29) is 0 Å². The van der Waals surface area contributed by atoms with Crippen LogP contribution < -0.4 is 5.73 Å². The Morgan fingerprint density at radius 3 is 2.55 bits per heavy atom. The predicted octanol–water partition coefficient (Wildman–Crippen LogP) is 6.12. The molecule has 5 heteroatoms. The average molecular weight is 424 g/mol. The Bertz CT molecular complexity index is 825. The minimum Gasteiger partial charge on any atom is -0.436 e. The Hall–Kier alpha value is -1.33. The molecule has 0 radical (unpaired) electrons. The zero-order valence-corrected chi connectivity index (χ0v) is 15.5. The van der Waals surface area contributed by atoms with Crippen molar-refractivity contribution in [3.63, 3.8) is 0 Å². The molecule has 0 saturated heterocycles. The largest absolute Gasteiger partial charge is 0.436 e. The zero-order chi connectivity index (χ0) is 15.9. The monoisotopic (exact) mass is 422 g/mol. The van der Waals surface area contributed by atoms with Crippen LogP contribution in [0.5, 0.6) is 0 Å². The lowest BCUT2D eigenvalue weighted by atomic mass is 9.98. The van der Waals surface area contributed by atoms with Crippen LogP contribution in [-0.4, -0.2) is 4.98 Å². The molecule has 1 heterocycles. The average Bonchev–Trinajstić information content (AvgIpc) is 2.96. The maximum Gasteiger partial charge on any atom is 0.227 e. The summed E-state index contributed by atoms with van der Waals surface area (Å²) >= 11 is 6.90. The second-order valence-corrected chi connectivity index (χ2v) is 7.03. The third kappa shape index (κ3) is 2.68. The van der Waals surface area contributed by atoms with E-state index in [9.17, 15) is 0 Å². The lowest BCUT2D eigenvalue weighted by molar-refractivity contribution is 0.619. The fraction of sp³-hybridized carbons (Fsp3) is 0.235. The number of nitrogen functional groups attached to an aromatic ring is 1. The van der Waals surface area contributed by atoms with Crippen LogP contribution in [0, 0.1) is 0 Å². The van der Waals surface area contributed by atoms with Crippen molar-refractivity contribution in [2.75, 3.05) is 5.73 Å². The molecule has 0 bridgehead atoms. The molecule has 22 heavy (non-hydrogen) atoms. The molecule has 1 atom stereocenters. The van der Waals surface area contributed by atoms with Crippen molar-refractivity contribution in [2.45, 2.75) is 26.2 Å². The molecule has 3 nitrogen and oxygen atoms in total. The number of hydrogen-bond donors (Lipinski definition) is 1. The molecule has 0 fully saturated rings. The van der Waals surface area contributed by atoms with E-state index in [0.29, 0.717) is 23.1 Å². The molecular formula is C17H16Br2N2O. The number of hydrogen-bond acceptors (Lipinski definition) is 3. The highest BCUT2D eigenvalue weighted by molar-refractivity contribution is 9.11. The van der Waals surface area contributed by atoms with E-state index >= 15 is 0 Å². The molecule has 0 saturated carbocycles. The van der Waals surface area contributed by atoms with Crippen molar-refractivity contribution >= 4 is 48.6 Å². The Balaban J connectivity index is 2.05. The maximum absolute atomic E-state index is 5.99. The Kier molecular flexibility index (Phi) is 4.28. The van der Waals surface area contributed by atoms with E-state index in [0.717, 1.165) is 26.4 Å². The molecule has 0 amide bonds. The highest BCUT2D eigenvalue weighted by Gasteiger charge is 2.15. The topological polar surface area (TPSA) is 52.0 Å². The molecule has 0 aliphatic rings. The van der Waals surface area contributed by atoms with Gasteiger partial charge in [-0.2, -0.15) is 0 Å². The van der Waals surface area contributed by atoms with Gasteiger partial charge in [-0.05, 0) is 68.0 Å². The SMILES string of the molecule is CC[C@H](C)c1ccc(-c2nc3c(Br)c(N)c(Br)cc3o2)cc1. The van der Waals surface area contributed by atoms with Crippen molar-refractivity contribution in [3.8, 4) is 11.5 Å². The van der Waals surface area contributed by atoms with Gasteiger partial charge in [0.05, 0.1) is 10.2 Å². The smallest absolute Gasteiger partial charge is 0.227 e. The van der Waals surface area contributed by atoms with Crippen molar-refractivity contribution < 1.29 is 4.42 Å². The van der Waals surface area contributed by atoms with Crippen LogP contribution in [0.1, 0.15) is 31.7 Å². The van der Waals surface area contributed by atoms with Gasteiger partial charge in [0.25, 0.3) is 0 Å². The van der Waals surface area contributed by atoms with Gasteiger partial charge in [-0.3, -0.25) is 0 Å². The fourth-order valence-electron chi connectivity index (χ4n) is 2.33. The van der Waals surface area contributed by atoms with E-state index in [1.54, 1.807) is 0 Å². The van der Waals surface area contributed by atoms with E-state index in [1.165, 1.54) is 5.56 Å². The number of halogens is 2. The molecule has 3 aromatic rings. The minimum atomic E-state index is 0.558. The van der Waals surface area contributed by atoms with Crippen LogP contribution in [0.3, 0.4) is 0 Å². The molecule has 2 N–H and O–H groups in total. The second-order valence-electron chi connectivity index (χ2n) is 5.38. The number of oxazole rings is 1. The standard InChI is InChI=1S/C17H16Br2N2O/c1-3-9(2)10-4-6-11(7-5-10)17-21-16-13(22-17)8-12(18)15(20)14(16)19/h4-9H,3,20H2,1-2H3/t9-/m0/s1. The summed E-state index contributed by atoms with van der Waals surface area (Å²) in [7, 11) is 0. The van der Waals surface area contributed by atoms with Crippen LogP contribution in [0.2, 0.25) is 0 Å². The van der Waals surface area contributed by atoms with Gasteiger partial charge in [0, 0.05) is 10.0 Å². The molecule has 1 aromatic heterocycles. The number of nitrogens with two attached hydrogens (primary N) is 1. The molecule has 3 rings (SSSR count). The maximum atomic E-state index is 5.99. The van der Waals surface area contributed by atoms with Gasteiger partial charge >= 0.3 is 0 Å². The third-order valence-electron chi connectivity index (χ3n) is 3.95. The van der Waals surface area contributed by atoms with Crippen molar-refractivity contribution in [1.82, 2.24) is 4.98 Å². The molecular weight excluding hydrogens is 408 g/mol. The van der Waals surface area contributed by atoms with E-state index in [2.05, 4.69) is 75.0 Å². The number of nitrogens with zero attached hydrogens (tertiary/aromatic N) is 1. The summed E-state index contributed by atoms with van der Waals surface area (Å²) in [6.45, 7) is 4.42. The number of fused-ring (bicyclic) bond motifs is 1. The van der Waals surface area contributed by atoms with Crippen LogP contribution in [0.4, 0.5) is 5.69 Å². The van der Waals surface area contributed by atoms with Crippen molar-refractivity contribution in [3.05, 3.63) is 44.8 Å². The molecule has 0 spiro atoms. The summed E-state index contributed by atoms with van der Waals surface area (Å²) in [4.78, 5) is 4.56. The van der Waals surface area contributed by atoms with E-state index in [1.807, 2.05) is 6.07 Å². The normalized spacial score (nSPS) is 12.7. The Morgan fingerprint density at radius 1 is 1.23 bits per heavy atom. The van der Waals surface area contributed by atoms with Crippen molar-refractivity contribution in [2.24, 2.45) is 0 Å². The number of benzene rings is 2. The second kappa shape index (κ2) is 6.05. The quantitative estimate of drug-likeness (QED) is 0.516. The highest BCUT2D eigenvalue weighted by Crippen LogP contribution is 2.37. The number of rotatable bonds is 3. The summed E-state index contributed by atoms with van der Waals surface area (Å²) in [6.07, 6.45) is 1.13. The van der Waals surface area contributed by atoms with Crippen LogP contribution >= 0.6 is 31.9 Å². The first-order valence-corrected chi connectivity index (χ1v) is 8.74. The molecule has 0 aliphatic carbocycles. The Morgan fingerprint density at radius 2 is 1.91 bits per heavy atom. The summed E-state index contributed by atoms with van der Waals surface area (Å²) in [5.41, 5.74) is 10.3. The van der Waals surface area contributed by atoms with E-state index in [4.69, 9.17) is 10.2 Å². The lowest BCUT2D eigenvalue weighted by Gasteiger charge is -2.08. The summed E-state index contributed by atoms with van der Waals surface area (Å²) in [5.74, 6) is 1.16. The fourth-order valence-corrected chi connectivity index (χ4v) is 3.50. The van der Waals surface area contributed by atoms with Gasteiger partial charge in [0.15, 0.2) is 5.58 Å². The number of aromatic nitrogens is 1. The van der Waals surface area contributed by atoms with Crippen LogP contribution in [0.25, 0.3) is 22.6 Å². The van der Waals surface area contributed by atoms with Gasteiger partial charge in [-0.25, -0.2) is 4.98 Å². The first-order chi connectivity index (χ1) is 10.5. The van der Waals surface area contributed by atoms with Gasteiger partial charge in [-0.1, -0.05) is 26.0 Å². The first kappa shape index (κ1) is 15.6. The Labute approximate surface area is 146 Å². The van der Waals surface area contributed by atoms with Gasteiger partial charge in [0.2, 0.25) is 5.89 Å². The zero-order valence-electron chi connectivity index (χ0n) is 12.4. The summed E-state index contributed by atoms with van der Waals surface area (Å²) < 4.78 is 7.42. The molecule has 114 valence electrons. The molecule has 2 aromatic carbocycles. The summed E-state index contributed by atoms with van der Waals surface area (Å²) in [6, 6.07) is 10.2. The first-order valence-electron chi connectivity index (χ1n) is 7.15. The van der Waals surface area contributed by atoms with Gasteiger partial charge < -0.3 is 10.2 Å². The van der Waals surface area contributed by atoms with Crippen LogP contribution in [-0.2, 0) is 0 Å². The van der Waals surface area contributed by atoms with Crippen LogP contribution in [0.15, 0.2) is 43.7 Å². The van der Waals surface area contributed by atoms with E-state index < -0.39 is 0 Å². The summed E-state index contributed by atoms with van der Waals surface area (Å²) in [5, 5.41) is 0. The third-order valence-corrected chi connectivity index (χ3v) is 5.41. The molecule has 0 unspecified atom stereocenters. The molecule has 0 aliphatic heterocycles. The highest BCUT2D eigenvalue weighted by atomic mass is 79.9. The predicted molar refractivity (Wildman–Crippen MR) is 98.0 cm³/mol. The van der Waals surface area contributed by atoms with Gasteiger partial charge in [0.1, 0.15) is 5.52 Å². The lowest BCUT2D eigenvalue weighted by Crippen LogP contribution is -1.90.